The molecule has 31 heavy (non-hydrogen) atoms. The summed E-state index contributed by atoms with van der Waals surface area (Å²) in [5.74, 6) is -1.14. The number of hydrogen-bond donors (Lipinski definition) is 2. The number of halogens is 1. The number of nitrogens with two attached hydrogens (primary N) is 1. The van der Waals surface area contributed by atoms with Gasteiger partial charge in [0.05, 0.1) is 17.6 Å². The highest BCUT2D eigenvalue weighted by atomic mass is 19.1. The smallest absolute Gasteiger partial charge is 0.253 e. The molecule has 0 unspecified atom stereocenters. The number of nitrogens with zero attached hydrogens (tertiary/aromatic N) is 1. The predicted octanol–water partition coefficient (Wildman–Crippen LogP) is 3.02. The lowest BCUT2D eigenvalue weighted by atomic mass is 9.86. The summed E-state index contributed by atoms with van der Waals surface area (Å²) in [6, 6.07) is 12.5. The van der Waals surface area contributed by atoms with Crippen LogP contribution in [0.1, 0.15) is 63.4 Å². The molecule has 4 rings (SSSR count). The minimum Gasteiger partial charge on any atom is -0.486 e. The lowest BCUT2D eigenvalue weighted by molar-refractivity contribution is 0.0569. The van der Waals surface area contributed by atoms with Crippen molar-refractivity contribution < 1.29 is 23.8 Å². The molecule has 2 aromatic carbocycles. The Morgan fingerprint density at radius 1 is 1.16 bits per heavy atom. The molecule has 0 radical (unpaired) electrons. The van der Waals surface area contributed by atoms with E-state index in [-0.39, 0.29) is 29.4 Å². The van der Waals surface area contributed by atoms with Gasteiger partial charge in [-0.1, -0.05) is 30.3 Å². The first-order chi connectivity index (χ1) is 14.9. The van der Waals surface area contributed by atoms with Crippen molar-refractivity contribution >= 4 is 11.8 Å². The van der Waals surface area contributed by atoms with Gasteiger partial charge < -0.3 is 20.5 Å². The Kier molecular flexibility index (Phi) is 5.96. The zero-order chi connectivity index (χ0) is 22.1. The molecule has 1 aliphatic heterocycles. The van der Waals surface area contributed by atoms with E-state index in [1.165, 1.54) is 6.07 Å². The lowest BCUT2D eigenvalue weighted by Crippen LogP contribution is -2.40. The van der Waals surface area contributed by atoms with E-state index in [0.717, 1.165) is 18.4 Å². The highest BCUT2D eigenvalue weighted by molar-refractivity contribution is 6.02. The van der Waals surface area contributed by atoms with Crippen molar-refractivity contribution in [1.82, 2.24) is 4.90 Å². The van der Waals surface area contributed by atoms with Crippen molar-refractivity contribution in [2.24, 2.45) is 5.73 Å². The Hall–Kier alpha value is -2.93. The van der Waals surface area contributed by atoms with Crippen LogP contribution in [0.15, 0.2) is 42.5 Å². The summed E-state index contributed by atoms with van der Waals surface area (Å²) in [6.07, 6.45) is 1.64. The summed E-state index contributed by atoms with van der Waals surface area (Å²) >= 11 is 0. The molecule has 2 atom stereocenters. The molecular formula is C24H27FN2O4. The quantitative estimate of drug-likeness (QED) is 0.769. The van der Waals surface area contributed by atoms with Crippen LogP contribution in [0.4, 0.5) is 4.39 Å². The molecule has 0 spiro atoms. The average molecular weight is 426 g/mol. The number of fused-ring (bicyclic) bond motifs is 1. The molecule has 3 N–H and O–H groups in total. The van der Waals surface area contributed by atoms with Gasteiger partial charge in [0.2, 0.25) is 0 Å². The summed E-state index contributed by atoms with van der Waals surface area (Å²) in [4.78, 5) is 27.1. The molecule has 1 fully saturated rings. The molecule has 164 valence electrons. The number of amides is 2. The maximum atomic E-state index is 13.9. The molecule has 2 aliphatic rings. The molecular weight excluding hydrogens is 399 g/mol. The van der Waals surface area contributed by atoms with E-state index in [1.807, 2.05) is 30.3 Å². The minimum atomic E-state index is -0.793. The average Bonchev–Trinajstić information content (AvgIpc) is 3.17. The van der Waals surface area contributed by atoms with Crippen LogP contribution in [0, 0.1) is 0 Å². The zero-order valence-corrected chi connectivity index (χ0v) is 17.5. The van der Waals surface area contributed by atoms with Gasteiger partial charge in [-0.2, -0.15) is 0 Å². The highest BCUT2D eigenvalue weighted by Gasteiger charge is 2.39. The molecule has 1 saturated carbocycles. The summed E-state index contributed by atoms with van der Waals surface area (Å²) in [6.45, 7) is -0.736. The molecule has 1 aliphatic carbocycles. The third-order valence-corrected chi connectivity index (χ3v) is 6.45. The van der Waals surface area contributed by atoms with E-state index in [9.17, 15) is 19.1 Å². The first-order valence-corrected chi connectivity index (χ1v) is 10.6. The fourth-order valence-corrected chi connectivity index (χ4v) is 4.73. The van der Waals surface area contributed by atoms with Crippen molar-refractivity contribution in [3.05, 3.63) is 64.7 Å². The first kappa shape index (κ1) is 21.3. The maximum absolute atomic E-state index is 13.9. The largest absolute Gasteiger partial charge is 0.486 e. The van der Waals surface area contributed by atoms with Gasteiger partial charge >= 0.3 is 0 Å². The molecule has 6 nitrogen and oxygen atoms in total. The number of primary amides is 1. The number of carbonyl (C=O) groups is 2. The van der Waals surface area contributed by atoms with Gasteiger partial charge in [-0.05, 0) is 43.4 Å². The number of hydrogen-bond acceptors (Lipinski definition) is 4. The van der Waals surface area contributed by atoms with Crippen LogP contribution in [0.5, 0.6) is 5.75 Å². The summed E-state index contributed by atoms with van der Waals surface area (Å²) in [5.41, 5.74) is 7.45. The van der Waals surface area contributed by atoms with Crippen LogP contribution in [0.3, 0.4) is 0 Å². The van der Waals surface area contributed by atoms with Gasteiger partial charge in [0.15, 0.2) is 0 Å². The van der Waals surface area contributed by atoms with Crippen LogP contribution in [0.25, 0.3) is 0 Å². The number of rotatable bonds is 5. The summed E-state index contributed by atoms with van der Waals surface area (Å²) in [7, 11) is 1.73. The van der Waals surface area contributed by atoms with E-state index in [2.05, 4.69) is 0 Å². The summed E-state index contributed by atoms with van der Waals surface area (Å²) < 4.78 is 19.7. The zero-order valence-electron chi connectivity index (χ0n) is 17.5. The SMILES string of the molecule is CN(C(=O)c1cc(C(N)=O)c2c(c1)[C@H](c1ccccc1)[C@@H](CF)O2)C1CCC(O)CC1. The van der Waals surface area contributed by atoms with Gasteiger partial charge in [0, 0.05) is 24.2 Å². The number of aliphatic hydroxyl groups is 1. The summed E-state index contributed by atoms with van der Waals surface area (Å²) in [5, 5.41) is 9.75. The fraction of sp³-hybridized carbons (Fsp3) is 0.417. The van der Waals surface area contributed by atoms with Crippen LogP contribution < -0.4 is 10.5 Å². The number of ether oxygens (including phenoxy) is 1. The number of carbonyl (C=O) groups excluding carboxylic acids is 2. The normalized spacial score (nSPS) is 24.9. The predicted molar refractivity (Wildman–Crippen MR) is 114 cm³/mol. The molecule has 7 heteroatoms. The van der Waals surface area contributed by atoms with Crippen molar-refractivity contribution in [2.45, 2.75) is 49.9 Å². The van der Waals surface area contributed by atoms with Gasteiger partial charge in [0.25, 0.3) is 11.8 Å². The van der Waals surface area contributed by atoms with Crippen LogP contribution in [0.2, 0.25) is 0 Å². The second-order valence-corrected chi connectivity index (χ2v) is 8.38. The Morgan fingerprint density at radius 2 is 1.84 bits per heavy atom. The minimum absolute atomic E-state index is 0.0148. The van der Waals surface area contributed by atoms with Gasteiger partial charge in [0.1, 0.15) is 18.5 Å². The van der Waals surface area contributed by atoms with Crippen LogP contribution in [-0.2, 0) is 0 Å². The number of alkyl halides is 1. The number of aliphatic hydroxyl groups excluding tert-OH is 1. The third kappa shape index (κ3) is 4.02. The second kappa shape index (κ2) is 8.67. The Bertz CT molecular complexity index is 973. The van der Waals surface area contributed by atoms with E-state index in [0.29, 0.717) is 24.0 Å². The Labute approximate surface area is 180 Å². The molecule has 0 aromatic heterocycles. The van der Waals surface area contributed by atoms with E-state index >= 15 is 0 Å². The second-order valence-electron chi connectivity index (χ2n) is 8.38. The highest BCUT2D eigenvalue weighted by Crippen LogP contribution is 2.45. The van der Waals surface area contributed by atoms with E-state index in [1.54, 1.807) is 18.0 Å². The fourth-order valence-electron chi connectivity index (χ4n) is 4.73. The van der Waals surface area contributed by atoms with Crippen molar-refractivity contribution in [1.29, 1.82) is 0 Å². The topological polar surface area (TPSA) is 92.9 Å². The lowest BCUT2D eigenvalue weighted by Gasteiger charge is -2.33. The Balaban J connectivity index is 1.74. The van der Waals surface area contributed by atoms with Gasteiger partial charge in [-0.15, -0.1) is 0 Å². The molecule has 2 aromatic rings. The van der Waals surface area contributed by atoms with Gasteiger partial charge in [-0.3, -0.25) is 9.59 Å². The van der Waals surface area contributed by atoms with E-state index < -0.39 is 24.6 Å². The molecule has 0 bridgehead atoms. The van der Waals surface area contributed by atoms with Gasteiger partial charge in [-0.25, -0.2) is 4.39 Å². The molecule has 2 amide bonds. The monoisotopic (exact) mass is 426 g/mol. The molecule has 1 heterocycles. The Morgan fingerprint density at radius 3 is 2.45 bits per heavy atom. The van der Waals surface area contributed by atoms with Crippen molar-refractivity contribution in [2.75, 3.05) is 13.7 Å². The maximum Gasteiger partial charge on any atom is 0.253 e. The standard InChI is InChI=1S/C24H27FN2O4/c1-27(16-7-9-17(28)10-8-16)24(30)15-11-18-21(14-5-3-2-4-6-14)20(13-25)31-22(18)19(12-15)23(26)29/h2-6,11-12,16-17,20-21,28H,7-10,13H2,1H3,(H2,26,29)/t16?,17?,20-,21+/m1/s1. The van der Waals surface area contributed by atoms with Crippen molar-refractivity contribution in [3.8, 4) is 5.75 Å². The van der Waals surface area contributed by atoms with Crippen LogP contribution in [-0.4, -0.2) is 53.8 Å². The number of benzene rings is 2. The van der Waals surface area contributed by atoms with E-state index in [4.69, 9.17) is 10.5 Å². The third-order valence-electron chi connectivity index (χ3n) is 6.45. The van der Waals surface area contributed by atoms with Crippen LogP contribution >= 0.6 is 0 Å². The first-order valence-electron chi connectivity index (χ1n) is 10.6. The molecule has 0 saturated heterocycles. The van der Waals surface area contributed by atoms with Crippen molar-refractivity contribution in [3.63, 3.8) is 0 Å².